The largest absolute Gasteiger partial charge is 0.466 e. The molecular formula is C18H23NO2. The molecule has 2 rings (SSSR count). The highest BCUT2D eigenvalue weighted by molar-refractivity contribution is 5.86. The molecule has 0 heterocycles. The zero-order valence-electron chi connectivity index (χ0n) is 12.9. The molecule has 3 heteroatoms. The summed E-state index contributed by atoms with van der Waals surface area (Å²) in [6, 6.07) is 15.0. The summed E-state index contributed by atoms with van der Waals surface area (Å²) in [5, 5.41) is 5.97. The van der Waals surface area contributed by atoms with Crippen LogP contribution >= 0.6 is 0 Å². The molecule has 0 unspecified atom stereocenters. The molecule has 0 aliphatic rings. The van der Waals surface area contributed by atoms with Crippen LogP contribution in [0.4, 0.5) is 0 Å². The summed E-state index contributed by atoms with van der Waals surface area (Å²) >= 11 is 0. The highest BCUT2D eigenvalue weighted by Crippen LogP contribution is 2.24. The van der Waals surface area contributed by atoms with Crippen LogP contribution in [0, 0.1) is 0 Å². The summed E-state index contributed by atoms with van der Waals surface area (Å²) in [6.07, 6.45) is 0.392. The first kappa shape index (κ1) is 15.5. The van der Waals surface area contributed by atoms with E-state index in [0.717, 1.165) is 0 Å². The maximum absolute atomic E-state index is 11.5. The Morgan fingerprint density at radius 1 is 1.14 bits per heavy atom. The van der Waals surface area contributed by atoms with Gasteiger partial charge in [-0.15, -0.1) is 0 Å². The SMILES string of the molecule is CCOC(=O)C[C@@H](C)N[C@H](C)c1cccc2ccccc12. The van der Waals surface area contributed by atoms with E-state index in [0.29, 0.717) is 13.0 Å². The summed E-state index contributed by atoms with van der Waals surface area (Å²) in [4.78, 5) is 11.5. The first-order chi connectivity index (χ1) is 10.1. The lowest BCUT2D eigenvalue weighted by atomic mass is 9.99. The van der Waals surface area contributed by atoms with Crippen LogP contribution in [0.1, 0.15) is 38.8 Å². The molecule has 0 saturated heterocycles. The predicted molar refractivity (Wildman–Crippen MR) is 86.2 cm³/mol. The Morgan fingerprint density at radius 2 is 1.86 bits per heavy atom. The average Bonchev–Trinajstić information content (AvgIpc) is 2.46. The van der Waals surface area contributed by atoms with E-state index in [1.54, 1.807) is 0 Å². The Hall–Kier alpha value is -1.87. The molecule has 0 spiro atoms. The van der Waals surface area contributed by atoms with Crippen LogP contribution in [0.25, 0.3) is 10.8 Å². The van der Waals surface area contributed by atoms with Crippen LogP contribution in [-0.2, 0) is 9.53 Å². The van der Waals surface area contributed by atoms with Crippen molar-refractivity contribution < 1.29 is 9.53 Å². The third-order valence-electron chi connectivity index (χ3n) is 3.60. The monoisotopic (exact) mass is 285 g/mol. The van der Waals surface area contributed by atoms with E-state index in [1.165, 1.54) is 16.3 Å². The number of hydrogen-bond acceptors (Lipinski definition) is 3. The van der Waals surface area contributed by atoms with E-state index in [-0.39, 0.29) is 18.1 Å². The van der Waals surface area contributed by atoms with Crippen LogP contribution in [-0.4, -0.2) is 18.6 Å². The molecule has 0 fully saturated rings. The van der Waals surface area contributed by atoms with Crippen molar-refractivity contribution in [3.8, 4) is 0 Å². The van der Waals surface area contributed by atoms with E-state index in [4.69, 9.17) is 4.74 Å². The number of fused-ring (bicyclic) bond motifs is 1. The molecule has 0 saturated carbocycles. The number of rotatable bonds is 6. The molecule has 21 heavy (non-hydrogen) atoms. The quantitative estimate of drug-likeness (QED) is 0.820. The molecule has 0 aliphatic heterocycles. The molecule has 112 valence electrons. The minimum Gasteiger partial charge on any atom is -0.466 e. The van der Waals surface area contributed by atoms with Crippen molar-refractivity contribution in [2.45, 2.75) is 39.3 Å². The van der Waals surface area contributed by atoms with Gasteiger partial charge in [0.2, 0.25) is 0 Å². The highest BCUT2D eigenvalue weighted by atomic mass is 16.5. The van der Waals surface area contributed by atoms with Gasteiger partial charge in [-0.25, -0.2) is 0 Å². The number of ether oxygens (including phenoxy) is 1. The number of nitrogens with one attached hydrogen (secondary N) is 1. The minimum atomic E-state index is -0.150. The third kappa shape index (κ3) is 4.05. The number of hydrogen-bond donors (Lipinski definition) is 1. The fourth-order valence-electron chi connectivity index (χ4n) is 2.67. The molecule has 2 atom stereocenters. The van der Waals surface area contributed by atoms with E-state index < -0.39 is 0 Å². The summed E-state index contributed by atoms with van der Waals surface area (Å²) in [7, 11) is 0. The Labute approximate surface area is 126 Å². The van der Waals surface area contributed by atoms with E-state index in [9.17, 15) is 4.79 Å². The van der Waals surface area contributed by atoms with Gasteiger partial charge >= 0.3 is 5.97 Å². The van der Waals surface area contributed by atoms with Gasteiger partial charge in [-0.1, -0.05) is 42.5 Å². The summed E-state index contributed by atoms with van der Waals surface area (Å²) in [6.45, 7) is 6.40. The van der Waals surface area contributed by atoms with E-state index in [1.807, 2.05) is 19.9 Å². The molecule has 0 radical (unpaired) electrons. The Bertz CT molecular complexity index is 604. The van der Waals surface area contributed by atoms with Crippen molar-refractivity contribution in [3.63, 3.8) is 0 Å². The van der Waals surface area contributed by atoms with Crippen molar-refractivity contribution in [3.05, 3.63) is 48.0 Å². The average molecular weight is 285 g/mol. The summed E-state index contributed by atoms with van der Waals surface area (Å²) in [5.41, 5.74) is 1.25. The first-order valence-electron chi connectivity index (χ1n) is 7.51. The van der Waals surface area contributed by atoms with E-state index >= 15 is 0 Å². The molecule has 0 amide bonds. The summed E-state index contributed by atoms with van der Waals surface area (Å²) < 4.78 is 4.99. The number of carbonyl (C=O) groups is 1. The van der Waals surface area contributed by atoms with Gasteiger partial charge in [-0.05, 0) is 37.1 Å². The van der Waals surface area contributed by atoms with Crippen molar-refractivity contribution in [2.24, 2.45) is 0 Å². The van der Waals surface area contributed by atoms with Gasteiger partial charge in [0.05, 0.1) is 13.0 Å². The smallest absolute Gasteiger partial charge is 0.307 e. The van der Waals surface area contributed by atoms with Crippen molar-refractivity contribution in [1.82, 2.24) is 5.32 Å². The molecule has 0 aliphatic carbocycles. The Balaban J connectivity index is 2.08. The molecule has 1 N–H and O–H groups in total. The van der Waals surface area contributed by atoms with Crippen molar-refractivity contribution in [2.75, 3.05) is 6.61 Å². The molecule has 0 aromatic heterocycles. The Morgan fingerprint density at radius 3 is 2.62 bits per heavy atom. The highest BCUT2D eigenvalue weighted by Gasteiger charge is 2.15. The van der Waals surface area contributed by atoms with Gasteiger partial charge in [0.25, 0.3) is 0 Å². The fraction of sp³-hybridized carbons (Fsp3) is 0.389. The number of esters is 1. The standard InChI is InChI=1S/C18H23NO2/c1-4-21-18(20)12-13(2)19-14(3)16-11-7-9-15-8-5-6-10-17(15)16/h5-11,13-14,19H,4,12H2,1-3H3/t13-,14-/m1/s1. The first-order valence-corrected chi connectivity index (χ1v) is 7.51. The van der Waals surface area contributed by atoms with Gasteiger partial charge in [0, 0.05) is 12.1 Å². The lowest BCUT2D eigenvalue weighted by Gasteiger charge is -2.21. The second-order valence-electron chi connectivity index (χ2n) is 5.37. The van der Waals surface area contributed by atoms with Gasteiger partial charge in [-0.3, -0.25) is 4.79 Å². The minimum absolute atomic E-state index is 0.0815. The lowest BCUT2D eigenvalue weighted by Crippen LogP contribution is -2.31. The second kappa shape index (κ2) is 7.23. The zero-order valence-corrected chi connectivity index (χ0v) is 12.9. The zero-order chi connectivity index (χ0) is 15.2. The molecule has 0 bridgehead atoms. The fourth-order valence-corrected chi connectivity index (χ4v) is 2.67. The normalized spacial score (nSPS) is 13.9. The lowest BCUT2D eigenvalue weighted by molar-refractivity contribution is -0.143. The van der Waals surface area contributed by atoms with Crippen molar-refractivity contribution >= 4 is 16.7 Å². The third-order valence-corrected chi connectivity index (χ3v) is 3.60. The van der Waals surface area contributed by atoms with Crippen LogP contribution in [0.15, 0.2) is 42.5 Å². The van der Waals surface area contributed by atoms with Gasteiger partial charge < -0.3 is 10.1 Å². The van der Waals surface area contributed by atoms with Gasteiger partial charge in [-0.2, -0.15) is 0 Å². The van der Waals surface area contributed by atoms with Crippen LogP contribution in [0.5, 0.6) is 0 Å². The maximum atomic E-state index is 11.5. The predicted octanol–water partition coefficient (Wildman–Crippen LogP) is 3.83. The maximum Gasteiger partial charge on any atom is 0.307 e. The molecular weight excluding hydrogens is 262 g/mol. The summed E-state index contributed by atoms with van der Waals surface area (Å²) in [5.74, 6) is -0.150. The molecule has 3 nitrogen and oxygen atoms in total. The van der Waals surface area contributed by atoms with Gasteiger partial charge in [0.15, 0.2) is 0 Å². The van der Waals surface area contributed by atoms with E-state index in [2.05, 4.69) is 48.6 Å². The molecule has 2 aromatic carbocycles. The Kier molecular flexibility index (Phi) is 5.34. The second-order valence-corrected chi connectivity index (χ2v) is 5.37. The topological polar surface area (TPSA) is 38.3 Å². The van der Waals surface area contributed by atoms with Gasteiger partial charge in [0.1, 0.15) is 0 Å². The van der Waals surface area contributed by atoms with Crippen LogP contribution in [0.3, 0.4) is 0 Å². The number of benzene rings is 2. The number of carbonyl (C=O) groups excluding carboxylic acids is 1. The van der Waals surface area contributed by atoms with Crippen LogP contribution in [0.2, 0.25) is 0 Å². The molecule has 2 aromatic rings. The van der Waals surface area contributed by atoms with Crippen molar-refractivity contribution in [1.29, 1.82) is 0 Å². The van der Waals surface area contributed by atoms with Crippen LogP contribution < -0.4 is 5.32 Å².